The van der Waals surface area contributed by atoms with Crippen LogP contribution in [0, 0.1) is 6.92 Å². The van der Waals surface area contributed by atoms with E-state index in [4.69, 9.17) is 21.4 Å². The quantitative estimate of drug-likeness (QED) is 0.769. The van der Waals surface area contributed by atoms with Crippen LogP contribution in [0.15, 0.2) is 12.1 Å². The van der Waals surface area contributed by atoms with Crippen LogP contribution in [0.3, 0.4) is 0 Å². The van der Waals surface area contributed by atoms with Crippen LogP contribution in [0.4, 0.5) is 0 Å². The van der Waals surface area contributed by atoms with Gasteiger partial charge >= 0.3 is 5.97 Å². The van der Waals surface area contributed by atoms with Crippen LogP contribution in [-0.4, -0.2) is 41.7 Å². The van der Waals surface area contributed by atoms with Crippen LogP contribution in [0.1, 0.15) is 22.5 Å². The van der Waals surface area contributed by atoms with Crippen molar-refractivity contribution in [1.82, 2.24) is 10.3 Å². The molecule has 6 nitrogen and oxygen atoms in total. The highest BCUT2D eigenvalue weighted by atomic mass is 35.5. The van der Waals surface area contributed by atoms with E-state index < -0.39 is 17.9 Å². The number of ether oxygens (including phenoxy) is 1. The third-order valence-corrected chi connectivity index (χ3v) is 2.59. The topological polar surface area (TPSA) is 88.5 Å². The normalized spacial score (nSPS) is 11.9. The van der Waals surface area contributed by atoms with Crippen molar-refractivity contribution in [2.45, 2.75) is 19.4 Å². The summed E-state index contributed by atoms with van der Waals surface area (Å²) in [6.45, 7) is 1.94. The molecule has 0 radical (unpaired) electrons. The van der Waals surface area contributed by atoms with Crippen LogP contribution in [0.25, 0.3) is 0 Å². The van der Waals surface area contributed by atoms with Gasteiger partial charge in [0.1, 0.15) is 11.2 Å². The zero-order valence-corrected chi connectivity index (χ0v) is 11.4. The van der Waals surface area contributed by atoms with Gasteiger partial charge in [0, 0.05) is 31.4 Å². The van der Waals surface area contributed by atoms with E-state index in [0.29, 0.717) is 5.69 Å². The number of hydrogen-bond donors (Lipinski definition) is 2. The lowest BCUT2D eigenvalue weighted by Crippen LogP contribution is -2.41. The molecule has 1 atom stereocenters. The number of aliphatic carboxylic acids is 1. The molecule has 0 aromatic carbocycles. The number of hydrogen-bond acceptors (Lipinski definition) is 4. The van der Waals surface area contributed by atoms with E-state index in [9.17, 15) is 9.59 Å². The minimum Gasteiger partial charge on any atom is -0.480 e. The molecule has 1 unspecified atom stereocenters. The smallest absolute Gasteiger partial charge is 0.326 e. The second-order valence-corrected chi connectivity index (χ2v) is 4.35. The van der Waals surface area contributed by atoms with Crippen molar-refractivity contribution in [3.63, 3.8) is 0 Å². The summed E-state index contributed by atoms with van der Waals surface area (Å²) < 4.78 is 4.80. The Morgan fingerprint density at radius 2 is 2.21 bits per heavy atom. The van der Waals surface area contributed by atoms with Crippen LogP contribution in [-0.2, 0) is 9.53 Å². The summed E-state index contributed by atoms with van der Waals surface area (Å²) in [5, 5.41) is 11.6. The summed E-state index contributed by atoms with van der Waals surface area (Å²) in [6, 6.07) is 1.93. The van der Waals surface area contributed by atoms with Gasteiger partial charge in [-0.15, -0.1) is 0 Å². The van der Waals surface area contributed by atoms with Gasteiger partial charge in [0.05, 0.1) is 0 Å². The molecule has 104 valence electrons. The average molecular weight is 287 g/mol. The highest BCUT2D eigenvalue weighted by Crippen LogP contribution is 2.10. The molecular formula is C12H15ClN2O4. The molecule has 0 bridgehead atoms. The number of carboxylic acids is 1. The minimum atomic E-state index is -1.11. The van der Waals surface area contributed by atoms with Gasteiger partial charge in [-0.3, -0.25) is 4.79 Å². The maximum atomic E-state index is 11.9. The molecule has 1 aromatic heterocycles. The molecule has 0 aliphatic rings. The van der Waals surface area contributed by atoms with Gasteiger partial charge in [0.25, 0.3) is 5.91 Å². The van der Waals surface area contributed by atoms with E-state index in [1.807, 2.05) is 0 Å². The summed E-state index contributed by atoms with van der Waals surface area (Å²) in [7, 11) is 1.47. The van der Waals surface area contributed by atoms with Gasteiger partial charge in [-0.05, 0) is 19.1 Å². The number of halogens is 1. The van der Waals surface area contributed by atoms with E-state index in [0.717, 1.165) is 0 Å². The molecule has 2 N–H and O–H groups in total. The average Bonchev–Trinajstić information content (AvgIpc) is 2.32. The highest BCUT2D eigenvalue weighted by Gasteiger charge is 2.20. The summed E-state index contributed by atoms with van der Waals surface area (Å²) in [6.07, 6.45) is 0.190. The number of aromatic nitrogens is 1. The summed E-state index contributed by atoms with van der Waals surface area (Å²) in [5.74, 6) is -1.61. The lowest BCUT2D eigenvalue weighted by molar-refractivity contribution is -0.139. The Labute approximate surface area is 115 Å². The van der Waals surface area contributed by atoms with E-state index in [-0.39, 0.29) is 23.7 Å². The predicted octanol–water partition coefficient (Wildman–Crippen LogP) is 1.26. The number of nitrogens with one attached hydrogen (secondary N) is 1. The molecule has 1 amide bonds. The first-order valence-corrected chi connectivity index (χ1v) is 5.98. The lowest BCUT2D eigenvalue weighted by atomic mass is 10.1. The Kier molecular flexibility index (Phi) is 5.72. The van der Waals surface area contributed by atoms with Gasteiger partial charge < -0.3 is 15.2 Å². The zero-order chi connectivity index (χ0) is 14.4. The number of aryl methyl sites for hydroxylation is 1. The van der Waals surface area contributed by atoms with Crippen molar-refractivity contribution in [2.75, 3.05) is 13.7 Å². The molecule has 0 saturated heterocycles. The van der Waals surface area contributed by atoms with Crippen LogP contribution in [0.5, 0.6) is 0 Å². The number of carboxylic acid groups (broad SMARTS) is 1. The number of carbonyl (C=O) groups excluding carboxylic acids is 1. The molecule has 1 aromatic rings. The number of carbonyl (C=O) groups is 2. The Hall–Kier alpha value is -1.66. The molecule has 1 heterocycles. The number of rotatable bonds is 6. The first kappa shape index (κ1) is 15.4. The first-order chi connectivity index (χ1) is 8.93. The number of methoxy groups -OCH3 is 1. The standard InChI is InChI=1S/C12H15ClN2O4/c1-7-5-8(6-10(13)14-7)11(16)15-9(12(17)18)3-4-19-2/h5-6,9H,3-4H2,1-2H3,(H,15,16)(H,17,18). The largest absolute Gasteiger partial charge is 0.480 e. The van der Waals surface area contributed by atoms with Crippen LogP contribution in [0.2, 0.25) is 5.15 Å². The number of amides is 1. The number of nitrogens with zero attached hydrogens (tertiary/aromatic N) is 1. The van der Waals surface area contributed by atoms with E-state index >= 15 is 0 Å². The number of pyridine rings is 1. The fourth-order valence-electron chi connectivity index (χ4n) is 1.49. The van der Waals surface area contributed by atoms with E-state index in [1.165, 1.54) is 19.2 Å². The van der Waals surface area contributed by atoms with Gasteiger partial charge in [-0.1, -0.05) is 11.6 Å². The Balaban J connectivity index is 2.78. The van der Waals surface area contributed by atoms with Gasteiger partial charge in [0.15, 0.2) is 0 Å². The molecule has 0 aliphatic heterocycles. The molecule has 0 saturated carbocycles. The Morgan fingerprint density at radius 1 is 1.53 bits per heavy atom. The lowest BCUT2D eigenvalue weighted by Gasteiger charge is -2.14. The molecule has 7 heteroatoms. The molecule has 0 fully saturated rings. The molecule has 0 spiro atoms. The Morgan fingerprint density at radius 3 is 2.74 bits per heavy atom. The predicted molar refractivity (Wildman–Crippen MR) is 69.4 cm³/mol. The van der Waals surface area contributed by atoms with Crippen LogP contribution >= 0.6 is 11.6 Å². The summed E-state index contributed by atoms with van der Waals surface area (Å²) in [4.78, 5) is 26.9. The van der Waals surface area contributed by atoms with Crippen molar-refractivity contribution in [3.8, 4) is 0 Å². The van der Waals surface area contributed by atoms with Gasteiger partial charge in [-0.25, -0.2) is 9.78 Å². The van der Waals surface area contributed by atoms with Crippen molar-refractivity contribution in [2.24, 2.45) is 0 Å². The second-order valence-electron chi connectivity index (χ2n) is 3.97. The zero-order valence-electron chi connectivity index (χ0n) is 10.6. The summed E-state index contributed by atoms with van der Waals surface area (Å²) in [5.41, 5.74) is 0.864. The minimum absolute atomic E-state index is 0.189. The van der Waals surface area contributed by atoms with E-state index in [2.05, 4.69) is 10.3 Å². The van der Waals surface area contributed by atoms with Crippen molar-refractivity contribution in [3.05, 3.63) is 28.5 Å². The van der Waals surface area contributed by atoms with Crippen molar-refractivity contribution in [1.29, 1.82) is 0 Å². The second kappa shape index (κ2) is 7.06. The molecule has 1 rings (SSSR count). The van der Waals surface area contributed by atoms with Crippen molar-refractivity contribution < 1.29 is 19.4 Å². The Bertz CT molecular complexity index is 459. The van der Waals surface area contributed by atoms with Crippen molar-refractivity contribution >= 4 is 23.5 Å². The van der Waals surface area contributed by atoms with E-state index in [1.54, 1.807) is 6.92 Å². The molecular weight excluding hydrogens is 272 g/mol. The maximum Gasteiger partial charge on any atom is 0.326 e. The van der Waals surface area contributed by atoms with Crippen LogP contribution < -0.4 is 5.32 Å². The third-order valence-electron chi connectivity index (χ3n) is 2.40. The third kappa shape index (κ3) is 4.84. The SMILES string of the molecule is COCCC(NC(=O)c1cc(C)nc(Cl)c1)C(=O)O. The maximum absolute atomic E-state index is 11.9. The molecule has 0 aliphatic carbocycles. The molecule has 19 heavy (non-hydrogen) atoms. The highest BCUT2D eigenvalue weighted by molar-refractivity contribution is 6.29. The van der Waals surface area contributed by atoms with Gasteiger partial charge in [-0.2, -0.15) is 0 Å². The monoisotopic (exact) mass is 286 g/mol. The van der Waals surface area contributed by atoms with Gasteiger partial charge in [0.2, 0.25) is 0 Å². The fraction of sp³-hybridized carbons (Fsp3) is 0.417. The summed E-state index contributed by atoms with van der Waals surface area (Å²) >= 11 is 5.75. The first-order valence-electron chi connectivity index (χ1n) is 5.61. The fourth-order valence-corrected chi connectivity index (χ4v) is 1.74.